The van der Waals surface area contributed by atoms with Crippen molar-refractivity contribution in [1.29, 1.82) is 5.26 Å². The van der Waals surface area contributed by atoms with Crippen LogP contribution in [0.15, 0.2) is 42.9 Å². The first kappa shape index (κ1) is 20.6. The summed E-state index contributed by atoms with van der Waals surface area (Å²) in [5.41, 5.74) is 2.51. The lowest BCUT2D eigenvalue weighted by molar-refractivity contribution is 0.0772. The lowest BCUT2D eigenvalue weighted by atomic mass is 10.2. The van der Waals surface area contributed by atoms with Crippen molar-refractivity contribution < 1.29 is 19.0 Å². The number of anilines is 2. The monoisotopic (exact) mass is 446 g/mol. The molecule has 0 aliphatic carbocycles. The highest BCUT2D eigenvalue weighted by Gasteiger charge is 2.29. The molecule has 1 aromatic carbocycles. The summed E-state index contributed by atoms with van der Waals surface area (Å²) in [6.07, 6.45) is 5.44. The fourth-order valence-electron chi connectivity index (χ4n) is 4.12. The van der Waals surface area contributed by atoms with E-state index in [-0.39, 0.29) is 12.0 Å². The highest BCUT2D eigenvalue weighted by Crippen LogP contribution is 2.40. The van der Waals surface area contributed by atoms with Crippen molar-refractivity contribution in [3.05, 3.63) is 54.0 Å². The minimum atomic E-state index is -0.107. The van der Waals surface area contributed by atoms with E-state index in [1.165, 1.54) is 13.3 Å². The van der Waals surface area contributed by atoms with Crippen molar-refractivity contribution in [3.8, 4) is 23.4 Å². The van der Waals surface area contributed by atoms with Gasteiger partial charge in [0.25, 0.3) is 5.91 Å². The fraction of sp³-hybridized carbons (Fsp3) is 0.304. The van der Waals surface area contributed by atoms with Gasteiger partial charge in [0.2, 0.25) is 5.88 Å². The molecule has 2 aromatic heterocycles. The Hall–Kier alpha value is -4.26. The quantitative estimate of drug-likeness (QED) is 0.635. The smallest absolute Gasteiger partial charge is 0.257 e. The third-order valence-corrected chi connectivity index (χ3v) is 5.74. The average molecular weight is 446 g/mol. The first-order valence-electron chi connectivity index (χ1n) is 10.6. The molecular formula is C23H22N6O4. The number of methoxy groups -OCH3 is 1. The molecule has 3 aromatic rings. The van der Waals surface area contributed by atoms with Crippen molar-refractivity contribution in [2.24, 2.45) is 0 Å². The van der Waals surface area contributed by atoms with Crippen LogP contribution in [0.1, 0.15) is 22.3 Å². The largest absolute Gasteiger partial charge is 0.490 e. The highest BCUT2D eigenvalue weighted by molar-refractivity contribution is 5.93. The lowest BCUT2D eigenvalue weighted by Crippen LogP contribution is -2.31. The topological polar surface area (TPSA) is 117 Å². The zero-order valence-electron chi connectivity index (χ0n) is 18.0. The van der Waals surface area contributed by atoms with Crippen LogP contribution in [0, 0.1) is 11.3 Å². The van der Waals surface area contributed by atoms with Crippen molar-refractivity contribution >= 4 is 17.3 Å². The maximum atomic E-state index is 12.5. The van der Waals surface area contributed by atoms with Gasteiger partial charge in [-0.25, -0.2) is 4.98 Å². The number of carbonyl (C=O) groups excluding carboxylic acids is 1. The number of carbonyl (C=O) groups is 1. The van der Waals surface area contributed by atoms with Crippen LogP contribution in [0.3, 0.4) is 0 Å². The number of benzene rings is 1. The Morgan fingerprint density at radius 2 is 2.21 bits per heavy atom. The molecule has 0 spiro atoms. The third-order valence-electron chi connectivity index (χ3n) is 5.74. The highest BCUT2D eigenvalue weighted by atomic mass is 16.5. The van der Waals surface area contributed by atoms with Crippen molar-refractivity contribution in [1.82, 2.24) is 20.1 Å². The molecule has 2 aliphatic rings. The summed E-state index contributed by atoms with van der Waals surface area (Å²) in [5, 5.41) is 15.9. The zero-order valence-corrected chi connectivity index (χ0v) is 18.0. The van der Waals surface area contributed by atoms with Gasteiger partial charge in [-0.05, 0) is 18.2 Å². The van der Waals surface area contributed by atoms with Gasteiger partial charge in [-0.2, -0.15) is 10.4 Å². The summed E-state index contributed by atoms with van der Waals surface area (Å²) >= 11 is 0. The van der Waals surface area contributed by atoms with Crippen molar-refractivity contribution in [2.75, 3.05) is 38.3 Å². The number of nitrogens with one attached hydrogen (secondary N) is 1. The van der Waals surface area contributed by atoms with E-state index in [2.05, 4.69) is 21.3 Å². The molecule has 2 aliphatic heterocycles. The number of nitrogens with zero attached hydrogens (tertiary/aromatic N) is 5. The van der Waals surface area contributed by atoms with Crippen LogP contribution in [0.4, 0.5) is 11.4 Å². The summed E-state index contributed by atoms with van der Waals surface area (Å²) in [6, 6.07) is 9.55. The van der Waals surface area contributed by atoms with Crippen molar-refractivity contribution in [2.45, 2.75) is 12.5 Å². The predicted octanol–water partition coefficient (Wildman–Crippen LogP) is 2.51. The molecule has 10 heteroatoms. The van der Waals surface area contributed by atoms with Gasteiger partial charge in [0, 0.05) is 25.2 Å². The standard InChI is InChI=1S/C23H22N6O4/c1-31-22-15(10-24)8-17(13-25-22)29-6-7-32-21-3-2-18(9-20(21)29)33-19-4-5-28(14-19)23(30)16-11-26-27-12-16/h2-3,8-9,11-13,19H,4-7,14H2,1H3,(H,26,27). The first-order chi connectivity index (χ1) is 16.2. The lowest BCUT2D eigenvalue weighted by Gasteiger charge is -2.31. The van der Waals surface area contributed by atoms with E-state index in [1.807, 2.05) is 23.1 Å². The van der Waals surface area contributed by atoms with Crippen LogP contribution in [-0.4, -0.2) is 65.4 Å². The fourth-order valence-corrected chi connectivity index (χ4v) is 4.12. The summed E-state index contributed by atoms with van der Waals surface area (Å²) < 4.78 is 17.2. The number of likely N-dealkylation sites (tertiary alicyclic amines) is 1. The normalized spacial score (nSPS) is 17.2. The molecule has 0 saturated carbocycles. The van der Waals surface area contributed by atoms with E-state index in [4.69, 9.17) is 14.2 Å². The van der Waals surface area contributed by atoms with Gasteiger partial charge in [0.05, 0.1) is 49.5 Å². The molecule has 1 atom stereocenters. The molecule has 33 heavy (non-hydrogen) atoms. The molecule has 0 radical (unpaired) electrons. The van der Waals surface area contributed by atoms with E-state index in [0.29, 0.717) is 49.0 Å². The van der Waals surface area contributed by atoms with Crippen LogP contribution in [0.5, 0.6) is 17.4 Å². The summed E-state index contributed by atoms with van der Waals surface area (Å²) in [5.74, 6) is 1.66. The molecular weight excluding hydrogens is 424 g/mol. The number of fused-ring (bicyclic) bond motifs is 1. The third kappa shape index (κ3) is 4.01. The Kier molecular flexibility index (Phi) is 5.44. The van der Waals surface area contributed by atoms with Gasteiger partial charge in [-0.15, -0.1) is 0 Å². The number of H-pyrrole nitrogens is 1. The van der Waals surface area contributed by atoms with Crippen LogP contribution >= 0.6 is 0 Å². The van der Waals surface area contributed by atoms with Gasteiger partial charge in [-0.3, -0.25) is 9.89 Å². The zero-order chi connectivity index (χ0) is 22.8. The van der Waals surface area contributed by atoms with Crippen LogP contribution < -0.4 is 19.1 Å². The van der Waals surface area contributed by atoms with E-state index in [9.17, 15) is 10.1 Å². The Bertz CT molecular complexity index is 1210. The Morgan fingerprint density at radius 1 is 1.30 bits per heavy atom. The van der Waals surface area contributed by atoms with Crippen molar-refractivity contribution in [3.63, 3.8) is 0 Å². The second-order valence-corrected chi connectivity index (χ2v) is 7.76. The second-order valence-electron chi connectivity index (χ2n) is 7.76. The van der Waals surface area contributed by atoms with E-state index < -0.39 is 0 Å². The summed E-state index contributed by atoms with van der Waals surface area (Å²) in [4.78, 5) is 20.6. The van der Waals surface area contributed by atoms with Crippen LogP contribution in [0.2, 0.25) is 0 Å². The summed E-state index contributed by atoms with van der Waals surface area (Å²) in [7, 11) is 1.49. The number of hydrogen-bond donors (Lipinski definition) is 1. The Balaban J connectivity index is 1.34. The molecule has 1 N–H and O–H groups in total. The molecule has 1 amide bonds. The first-order valence-corrected chi connectivity index (χ1v) is 10.6. The van der Waals surface area contributed by atoms with E-state index in [1.54, 1.807) is 23.4 Å². The van der Waals surface area contributed by atoms with Gasteiger partial charge in [0.15, 0.2) is 0 Å². The molecule has 0 bridgehead atoms. The molecule has 4 heterocycles. The minimum Gasteiger partial charge on any atom is -0.490 e. The van der Waals surface area contributed by atoms with E-state index >= 15 is 0 Å². The second kappa shape index (κ2) is 8.70. The number of aromatic amines is 1. The maximum absolute atomic E-state index is 12.5. The molecule has 168 valence electrons. The minimum absolute atomic E-state index is 0.0554. The predicted molar refractivity (Wildman–Crippen MR) is 118 cm³/mol. The molecule has 5 rings (SSSR count). The Morgan fingerprint density at radius 3 is 3.00 bits per heavy atom. The number of amides is 1. The summed E-state index contributed by atoms with van der Waals surface area (Å²) in [6.45, 7) is 2.25. The number of pyridine rings is 1. The molecule has 1 saturated heterocycles. The average Bonchev–Trinajstić information content (AvgIpc) is 3.55. The maximum Gasteiger partial charge on any atom is 0.257 e. The van der Waals surface area contributed by atoms with Gasteiger partial charge >= 0.3 is 0 Å². The van der Waals surface area contributed by atoms with Gasteiger partial charge in [0.1, 0.15) is 35.8 Å². The number of hydrogen-bond acceptors (Lipinski definition) is 8. The molecule has 1 fully saturated rings. The Labute approximate surface area is 190 Å². The number of ether oxygens (including phenoxy) is 3. The van der Waals surface area contributed by atoms with E-state index in [0.717, 1.165) is 23.5 Å². The SMILES string of the molecule is COc1ncc(N2CCOc3ccc(OC4CCN(C(=O)c5cn[nH]c5)C4)cc32)cc1C#N. The number of aromatic nitrogens is 3. The van der Waals surface area contributed by atoms with Gasteiger partial charge in [-0.1, -0.05) is 0 Å². The number of rotatable bonds is 5. The van der Waals surface area contributed by atoms with Gasteiger partial charge < -0.3 is 24.0 Å². The molecule has 1 unspecified atom stereocenters. The number of nitriles is 1. The van der Waals surface area contributed by atoms with Crippen LogP contribution in [-0.2, 0) is 0 Å². The van der Waals surface area contributed by atoms with Crippen LogP contribution in [0.25, 0.3) is 0 Å². The molecule has 10 nitrogen and oxygen atoms in total.